The summed E-state index contributed by atoms with van der Waals surface area (Å²) in [5, 5.41) is 8.91. The molecule has 18 heavy (non-hydrogen) atoms. The zero-order chi connectivity index (χ0) is 13.0. The first-order valence-electron chi connectivity index (χ1n) is 6.26. The Morgan fingerprint density at radius 1 is 1.44 bits per heavy atom. The van der Waals surface area contributed by atoms with Crippen LogP contribution in [0.3, 0.4) is 0 Å². The van der Waals surface area contributed by atoms with E-state index in [4.69, 9.17) is 9.84 Å². The largest absolute Gasteiger partial charge is 0.491 e. The lowest BCUT2D eigenvalue weighted by atomic mass is 10.0. The standard InChI is InChI=1S/C14H19NO3/c1-11(17)13-4-2-3-5-14(13)18-7-6-15-8-12(9-15)10-16/h2-5,12,16H,6-10H2,1H3. The average molecular weight is 249 g/mol. The average Bonchev–Trinajstić information content (AvgIpc) is 2.32. The highest BCUT2D eigenvalue weighted by atomic mass is 16.5. The van der Waals surface area contributed by atoms with Crippen LogP contribution in [0.2, 0.25) is 0 Å². The summed E-state index contributed by atoms with van der Waals surface area (Å²) in [7, 11) is 0. The normalized spacial score (nSPS) is 16.3. The highest BCUT2D eigenvalue weighted by Crippen LogP contribution is 2.19. The zero-order valence-electron chi connectivity index (χ0n) is 10.6. The van der Waals surface area contributed by atoms with Crippen molar-refractivity contribution in [1.29, 1.82) is 0 Å². The number of aliphatic hydroxyl groups excluding tert-OH is 1. The molecular weight excluding hydrogens is 230 g/mol. The number of ketones is 1. The van der Waals surface area contributed by atoms with Crippen LogP contribution in [0, 0.1) is 5.92 Å². The Labute approximate surface area is 107 Å². The maximum absolute atomic E-state index is 11.4. The first-order valence-corrected chi connectivity index (χ1v) is 6.26. The van der Waals surface area contributed by atoms with E-state index in [0.717, 1.165) is 19.6 Å². The summed E-state index contributed by atoms with van der Waals surface area (Å²) in [5.74, 6) is 1.11. The van der Waals surface area contributed by atoms with Gasteiger partial charge in [-0.1, -0.05) is 12.1 Å². The Morgan fingerprint density at radius 3 is 2.83 bits per heavy atom. The smallest absolute Gasteiger partial charge is 0.163 e. The Hall–Kier alpha value is -1.39. The maximum atomic E-state index is 11.4. The monoisotopic (exact) mass is 249 g/mol. The van der Waals surface area contributed by atoms with Crippen molar-refractivity contribution in [2.45, 2.75) is 6.92 Å². The van der Waals surface area contributed by atoms with Crippen LogP contribution in [-0.4, -0.2) is 48.6 Å². The fourth-order valence-electron chi connectivity index (χ4n) is 2.14. The second-order valence-corrected chi connectivity index (χ2v) is 4.71. The molecule has 0 radical (unpaired) electrons. The van der Waals surface area contributed by atoms with Crippen molar-refractivity contribution in [3.63, 3.8) is 0 Å². The fourth-order valence-corrected chi connectivity index (χ4v) is 2.14. The van der Waals surface area contributed by atoms with Crippen LogP contribution in [0.5, 0.6) is 5.75 Å². The molecule has 4 nitrogen and oxygen atoms in total. The number of rotatable bonds is 6. The molecule has 2 rings (SSSR count). The number of nitrogens with zero attached hydrogens (tertiary/aromatic N) is 1. The third-order valence-electron chi connectivity index (χ3n) is 3.22. The van der Waals surface area contributed by atoms with E-state index < -0.39 is 0 Å². The highest BCUT2D eigenvalue weighted by Gasteiger charge is 2.25. The molecule has 0 atom stereocenters. The van der Waals surface area contributed by atoms with E-state index in [1.54, 1.807) is 13.0 Å². The second-order valence-electron chi connectivity index (χ2n) is 4.71. The molecule has 0 spiro atoms. The molecule has 0 unspecified atom stereocenters. The summed E-state index contributed by atoms with van der Waals surface area (Å²) in [6, 6.07) is 7.31. The van der Waals surface area contributed by atoms with Crippen molar-refractivity contribution >= 4 is 5.78 Å². The molecule has 1 aliphatic rings. The minimum absolute atomic E-state index is 0.0231. The summed E-state index contributed by atoms with van der Waals surface area (Å²) in [5.41, 5.74) is 0.634. The highest BCUT2D eigenvalue weighted by molar-refractivity contribution is 5.96. The summed E-state index contributed by atoms with van der Waals surface area (Å²) < 4.78 is 5.65. The van der Waals surface area contributed by atoms with Crippen LogP contribution in [0.1, 0.15) is 17.3 Å². The van der Waals surface area contributed by atoms with Crippen LogP contribution < -0.4 is 4.74 Å². The third-order valence-corrected chi connectivity index (χ3v) is 3.22. The Balaban J connectivity index is 1.78. The van der Waals surface area contributed by atoms with E-state index in [-0.39, 0.29) is 12.4 Å². The van der Waals surface area contributed by atoms with Crippen molar-refractivity contribution in [3.05, 3.63) is 29.8 Å². The van der Waals surface area contributed by atoms with Gasteiger partial charge in [-0.15, -0.1) is 0 Å². The van der Waals surface area contributed by atoms with Gasteiger partial charge >= 0.3 is 0 Å². The number of hydrogen-bond donors (Lipinski definition) is 1. The van der Waals surface area contributed by atoms with Gasteiger partial charge in [-0.2, -0.15) is 0 Å². The van der Waals surface area contributed by atoms with Gasteiger partial charge in [-0.05, 0) is 19.1 Å². The third kappa shape index (κ3) is 3.09. The van der Waals surface area contributed by atoms with Gasteiger partial charge in [-0.3, -0.25) is 9.69 Å². The SMILES string of the molecule is CC(=O)c1ccccc1OCCN1CC(CO)C1. The molecule has 0 saturated carbocycles. The van der Waals surface area contributed by atoms with Crippen molar-refractivity contribution in [2.75, 3.05) is 32.8 Å². The number of para-hydroxylation sites is 1. The molecule has 1 aromatic carbocycles. The molecule has 1 aliphatic heterocycles. The number of benzene rings is 1. The lowest BCUT2D eigenvalue weighted by Crippen LogP contribution is -2.49. The topological polar surface area (TPSA) is 49.8 Å². The predicted molar refractivity (Wildman–Crippen MR) is 69.0 cm³/mol. The molecule has 1 N–H and O–H groups in total. The minimum atomic E-state index is 0.0231. The second kappa shape index (κ2) is 5.98. The minimum Gasteiger partial charge on any atom is -0.491 e. The lowest BCUT2D eigenvalue weighted by molar-refractivity contribution is 0.0438. The zero-order valence-corrected chi connectivity index (χ0v) is 10.6. The summed E-state index contributed by atoms with van der Waals surface area (Å²) >= 11 is 0. The Kier molecular flexibility index (Phi) is 4.33. The molecule has 0 aliphatic carbocycles. The van der Waals surface area contributed by atoms with Gasteiger partial charge < -0.3 is 9.84 Å². The van der Waals surface area contributed by atoms with Crippen molar-refractivity contribution in [3.8, 4) is 5.75 Å². The van der Waals surface area contributed by atoms with Gasteiger partial charge in [-0.25, -0.2) is 0 Å². The summed E-state index contributed by atoms with van der Waals surface area (Å²) in [4.78, 5) is 13.6. The van der Waals surface area contributed by atoms with Crippen molar-refractivity contribution in [1.82, 2.24) is 4.90 Å². The van der Waals surface area contributed by atoms with Gasteiger partial charge in [0, 0.05) is 32.2 Å². The molecule has 0 amide bonds. The summed E-state index contributed by atoms with van der Waals surface area (Å²) in [6.07, 6.45) is 0. The van der Waals surface area contributed by atoms with Crippen molar-refractivity contribution < 1.29 is 14.6 Å². The van der Waals surface area contributed by atoms with Gasteiger partial charge in [0.2, 0.25) is 0 Å². The number of Topliss-reactive ketones (excluding diaryl/α,β-unsaturated/α-hetero) is 1. The Bertz CT molecular complexity index is 413. The van der Waals surface area contributed by atoms with E-state index in [1.165, 1.54) is 0 Å². The van der Waals surface area contributed by atoms with Gasteiger partial charge in [0.05, 0.1) is 5.56 Å². The van der Waals surface area contributed by atoms with Crippen LogP contribution in [0.4, 0.5) is 0 Å². The maximum Gasteiger partial charge on any atom is 0.163 e. The molecule has 98 valence electrons. The molecule has 1 saturated heterocycles. The van der Waals surface area contributed by atoms with Crippen LogP contribution in [0.15, 0.2) is 24.3 Å². The van der Waals surface area contributed by atoms with E-state index in [2.05, 4.69) is 4.90 Å². The van der Waals surface area contributed by atoms with E-state index in [1.807, 2.05) is 18.2 Å². The first kappa shape index (κ1) is 13.1. The summed E-state index contributed by atoms with van der Waals surface area (Å²) in [6.45, 7) is 5.10. The molecule has 4 heteroatoms. The molecular formula is C14H19NO3. The van der Waals surface area contributed by atoms with Gasteiger partial charge in [0.1, 0.15) is 12.4 Å². The van der Waals surface area contributed by atoms with Crippen LogP contribution in [-0.2, 0) is 0 Å². The molecule has 1 heterocycles. The molecule has 1 fully saturated rings. The number of carbonyl (C=O) groups excluding carboxylic acids is 1. The lowest BCUT2D eigenvalue weighted by Gasteiger charge is -2.38. The Morgan fingerprint density at radius 2 is 2.17 bits per heavy atom. The van der Waals surface area contributed by atoms with E-state index in [9.17, 15) is 4.79 Å². The van der Waals surface area contributed by atoms with Crippen LogP contribution in [0.25, 0.3) is 0 Å². The molecule has 0 aromatic heterocycles. The van der Waals surface area contributed by atoms with Gasteiger partial charge in [0.15, 0.2) is 5.78 Å². The predicted octanol–water partition coefficient (Wildman–Crippen LogP) is 1.19. The number of hydrogen-bond acceptors (Lipinski definition) is 4. The number of aliphatic hydroxyl groups is 1. The first-order chi connectivity index (χ1) is 8.70. The fraction of sp³-hybridized carbons (Fsp3) is 0.500. The number of ether oxygens (including phenoxy) is 1. The quantitative estimate of drug-likeness (QED) is 0.769. The number of likely N-dealkylation sites (tertiary alicyclic amines) is 1. The van der Waals surface area contributed by atoms with Gasteiger partial charge in [0.25, 0.3) is 0 Å². The van der Waals surface area contributed by atoms with E-state index >= 15 is 0 Å². The molecule has 0 bridgehead atoms. The molecule has 1 aromatic rings. The van der Waals surface area contributed by atoms with Crippen LogP contribution >= 0.6 is 0 Å². The van der Waals surface area contributed by atoms with E-state index in [0.29, 0.717) is 23.8 Å². The van der Waals surface area contributed by atoms with Crippen molar-refractivity contribution in [2.24, 2.45) is 5.92 Å². The number of carbonyl (C=O) groups is 1.